The van der Waals surface area contributed by atoms with Crippen LogP contribution in [0, 0.1) is 11.3 Å². The lowest BCUT2D eigenvalue weighted by Crippen LogP contribution is -2.41. The van der Waals surface area contributed by atoms with Gasteiger partial charge in [-0.15, -0.1) is 24.0 Å². The minimum absolute atomic E-state index is 0. The predicted molar refractivity (Wildman–Crippen MR) is 145 cm³/mol. The van der Waals surface area contributed by atoms with E-state index in [9.17, 15) is 0 Å². The molecule has 0 radical (unpaired) electrons. The van der Waals surface area contributed by atoms with E-state index in [2.05, 4.69) is 47.6 Å². The van der Waals surface area contributed by atoms with Gasteiger partial charge in [0, 0.05) is 57.7 Å². The summed E-state index contributed by atoms with van der Waals surface area (Å²) in [5.41, 5.74) is 1.58. The Hall–Kier alpha value is -1.22. The van der Waals surface area contributed by atoms with E-state index >= 15 is 0 Å². The second-order valence-electron chi connectivity index (χ2n) is 9.03. The number of hydrogen-bond acceptors (Lipinski definition) is 4. The lowest BCUT2D eigenvalue weighted by atomic mass is 9.83. The monoisotopic (exact) mass is 558 g/mol. The average Bonchev–Trinajstić information content (AvgIpc) is 3.46. The number of ether oxygens (including phenoxy) is 2. The Bertz CT molecular complexity index is 694. The van der Waals surface area contributed by atoms with E-state index in [0.717, 1.165) is 64.1 Å². The molecule has 2 N–H and O–H groups in total. The number of hydrogen-bond donors (Lipinski definition) is 2. The summed E-state index contributed by atoms with van der Waals surface area (Å²) in [6.45, 7) is 10.8. The predicted octanol–water partition coefficient (Wildman–Crippen LogP) is 4.68. The Balaban J connectivity index is 0.00000363. The molecule has 0 aromatic heterocycles. The van der Waals surface area contributed by atoms with Gasteiger partial charge in [0.25, 0.3) is 0 Å². The number of anilines is 1. The molecule has 1 saturated carbocycles. The van der Waals surface area contributed by atoms with Gasteiger partial charge in [-0.3, -0.25) is 4.99 Å². The van der Waals surface area contributed by atoms with Gasteiger partial charge in [0.2, 0.25) is 0 Å². The minimum atomic E-state index is 0. The first-order valence-electron chi connectivity index (χ1n) is 12.2. The van der Waals surface area contributed by atoms with Gasteiger partial charge in [-0.25, -0.2) is 0 Å². The third kappa shape index (κ3) is 7.97. The molecule has 1 aliphatic carbocycles. The van der Waals surface area contributed by atoms with Crippen LogP contribution in [0.2, 0.25) is 0 Å². The summed E-state index contributed by atoms with van der Waals surface area (Å²) in [5.74, 6) is 2.50. The molecule has 1 aliphatic heterocycles. The fraction of sp³-hybridized carbons (Fsp3) is 0.720. The van der Waals surface area contributed by atoms with Crippen molar-refractivity contribution in [1.82, 2.24) is 10.6 Å². The zero-order valence-corrected chi connectivity index (χ0v) is 22.5. The van der Waals surface area contributed by atoms with E-state index in [1.165, 1.54) is 37.8 Å². The third-order valence-electron chi connectivity index (χ3n) is 6.82. The van der Waals surface area contributed by atoms with Crippen LogP contribution in [-0.4, -0.2) is 59.0 Å². The van der Waals surface area contributed by atoms with Crippen molar-refractivity contribution in [3.63, 3.8) is 0 Å². The first-order valence-corrected chi connectivity index (χ1v) is 12.2. The van der Waals surface area contributed by atoms with Gasteiger partial charge in [-0.1, -0.05) is 18.9 Å². The van der Waals surface area contributed by atoms with Crippen LogP contribution in [0.4, 0.5) is 5.69 Å². The maximum absolute atomic E-state index is 5.66. The van der Waals surface area contributed by atoms with Crippen molar-refractivity contribution in [2.75, 3.05) is 57.9 Å². The maximum atomic E-state index is 5.66. The lowest BCUT2D eigenvalue weighted by molar-refractivity contribution is 0.107. The van der Waals surface area contributed by atoms with Crippen molar-refractivity contribution in [3.8, 4) is 5.75 Å². The Labute approximate surface area is 211 Å². The molecule has 1 aromatic carbocycles. The number of nitrogens with zero attached hydrogens (tertiary/aromatic N) is 2. The van der Waals surface area contributed by atoms with Gasteiger partial charge in [0.15, 0.2) is 5.96 Å². The quantitative estimate of drug-likeness (QED) is 0.179. The topological polar surface area (TPSA) is 58.1 Å². The van der Waals surface area contributed by atoms with Crippen molar-refractivity contribution in [2.24, 2.45) is 16.3 Å². The summed E-state index contributed by atoms with van der Waals surface area (Å²) in [4.78, 5) is 7.47. The van der Waals surface area contributed by atoms with Crippen LogP contribution in [0.3, 0.4) is 0 Å². The zero-order chi connectivity index (χ0) is 21.9. The highest BCUT2D eigenvalue weighted by molar-refractivity contribution is 14.0. The van der Waals surface area contributed by atoms with E-state index < -0.39 is 0 Å². The van der Waals surface area contributed by atoms with Crippen LogP contribution in [0.25, 0.3) is 0 Å². The van der Waals surface area contributed by atoms with E-state index in [4.69, 9.17) is 14.5 Å². The van der Waals surface area contributed by atoms with Crippen molar-refractivity contribution in [2.45, 2.75) is 52.4 Å². The van der Waals surface area contributed by atoms with Crippen LogP contribution in [-0.2, 0) is 4.74 Å². The molecule has 182 valence electrons. The number of nitrogens with one attached hydrogen (secondary N) is 2. The van der Waals surface area contributed by atoms with E-state index in [-0.39, 0.29) is 24.0 Å². The molecule has 0 amide bonds. The van der Waals surface area contributed by atoms with E-state index in [0.29, 0.717) is 11.3 Å². The number of rotatable bonds is 11. The van der Waals surface area contributed by atoms with Gasteiger partial charge in [0.05, 0.1) is 7.11 Å². The number of guanidine groups is 1. The highest BCUT2D eigenvalue weighted by Gasteiger charge is 2.33. The molecule has 1 atom stereocenters. The number of halogens is 1. The van der Waals surface area contributed by atoms with Crippen LogP contribution < -0.4 is 20.3 Å². The second-order valence-corrected chi connectivity index (χ2v) is 9.03. The molecule has 1 heterocycles. The molecule has 2 aliphatic rings. The van der Waals surface area contributed by atoms with E-state index in [1.807, 2.05) is 6.07 Å². The minimum Gasteiger partial charge on any atom is -0.497 e. The third-order valence-corrected chi connectivity index (χ3v) is 6.82. The van der Waals surface area contributed by atoms with Crippen LogP contribution >= 0.6 is 24.0 Å². The molecule has 7 heteroatoms. The summed E-state index contributed by atoms with van der Waals surface area (Å²) in [6, 6.07) is 8.38. The highest BCUT2D eigenvalue weighted by atomic mass is 127. The number of benzene rings is 1. The fourth-order valence-electron chi connectivity index (χ4n) is 4.92. The molecule has 0 spiro atoms. The largest absolute Gasteiger partial charge is 0.497 e. The van der Waals surface area contributed by atoms with Crippen molar-refractivity contribution in [3.05, 3.63) is 24.3 Å². The van der Waals surface area contributed by atoms with Gasteiger partial charge < -0.3 is 25.0 Å². The molecular formula is C25H43IN4O2. The van der Waals surface area contributed by atoms with Gasteiger partial charge >= 0.3 is 0 Å². The van der Waals surface area contributed by atoms with Crippen LogP contribution in [0.1, 0.15) is 52.4 Å². The Morgan fingerprint density at radius 2 is 2.03 bits per heavy atom. The standard InChI is InChI=1S/C25H42N4O2.HI/c1-4-26-24(28-20-25(12-6-7-13-25)14-16-31-5-2)27-18-21-11-15-29(19-21)22-9-8-10-23(17-22)30-3;/h8-10,17,21H,4-7,11-16,18-20H2,1-3H3,(H2,26,27,28);1H. The molecule has 2 fully saturated rings. The normalized spacial score (nSPS) is 20.2. The molecular weight excluding hydrogens is 515 g/mol. The Kier molecular flexibility index (Phi) is 11.9. The molecule has 1 unspecified atom stereocenters. The van der Waals surface area contributed by atoms with Crippen molar-refractivity contribution in [1.29, 1.82) is 0 Å². The maximum Gasteiger partial charge on any atom is 0.191 e. The zero-order valence-electron chi connectivity index (χ0n) is 20.2. The van der Waals surface area contributed by atoms with Crippen molar-refractivity contribution < 1.29 is 9.47 Å². The average molecular weight is 559 g/mol. The summed E-state index contributed by atoms with van der Waals surface area (Å²) in [7, 11) is 1.73. The molecule has 6 nitrogen and oxygen atoms in total. The smallest absolute Gasteiger partial charge is 0.191 e. The summed E-state index contributed by atoms with van der Waals surface area (Å²) < 4.78 is 11.0. The summed E-state index contributed by atoms with van der Waals surface area (Å²) >= 11 is 0. The van der Waals surface area contributed by atoms with Gasteiger partial charge in [-0.05, 0) is 63.0 Å². The number of aliphatic imine (C=N–C) groups is 1. The second kappa shape index (κ2) is 14.1. The fourth-order valence-corrected chi connectivity index (χ4v) is 4.92. The molecule has 1 aromatic rings. The molecule has 0 bridgehead atoms. The first-order chi connectivity index (χ1) is 15.2. The molecule has 32 heavy (non-hydrogen) atoms. The Morgan fingerprint density at radius 1 is 1.22 bits per heavy atom. The van der Waals surface area contributed by atoms with Crippen LogP contribution in [0.5, 0.6) is 5.75 Å². The van der Waals surface area contributed by atoms with Crippen LogP contribution in [0.15, 0.2) is 29.3 Å². The number of methoxy groups -OCH3 is 1. The summed E-state index contributed by atoms with van der Waals surface area (Å²) in [6.07, 6.45) is 7.54. The molecule has 1 saturated heterocycles. The Morgan fingerprint density at radius 3 is 2.75 bits per heavy atom. The SMILES string of the molecule is CCNC(=NCC1(CCOCC)CCCC1)NCC1CCN(c2cccc(OC)c2)C1.I. The highest BCUT2D eigenvalue weighted by Crippen LogP contribution is 2.41. The lowest BCUT2D eigenvalue weighted by Gasteiger charge is -2.27. The van der Waals surface area contributed by atoms with E-state index in [1.54, 1.807) is 7.11 Å². The van der Waals surface area contributed by atoms with Crippen molar-refractivity contribution >= 4 is 35.6 Å². The molecule has 3 rings (SSSR count). The first kappa shape index (κ1) is 27.0. The van der Waals surface area contributed by atoms with Gasteiger partial charge in [0.1, 0.15) is 5.75 Å². The van der Waals surface area contributed by atoms with Gasteiger partial charge in [-0.2, -0.15) is 0 Å². The summed E-state index contributed by atoms with van der Waals surface area (Å²) in [5, 5.41) is 7.07.